The Morgan fingerprint density at radius 3 is 2.59 bits per heavy atom. The Morgan fingerprint density at radius 2 is 1.91 bits per heavy atom. The van der Waals surface area contributed by atoms with Crippen LogP contribution in [-0.4, -0.2) is 27.8 Å². The lowest BCUT2D eigenvalue weighted by atomic mass is 9.48. The van der Waals surface area contributed by atoms with E-state index in [1.165, 1.54) is 51.2 Å². The number of nitrogens with zero attached hydrogens (tertiary/aromatic N) is 3. The van der Waals surface area contributed by atoms with E-state index in [4.69, 9.17) is 16.3 Å². The van der Waals surface area contributed by atoms with Crippen LogP contribution < -0.4 is 5.32 Å². The van der Waals surface area contributed by atoms with Gasteiger partial charge in [0.05, 0.1) is 25.5 Å². The summed E-state index contributed by atoms with van der Waals surface area (Å²) in [5, 5.41) is 8.45. The number of aromatic nitrogens is 3. The molecule has 7 rings (SSSR count). The van der Waals surface area contributed by atoms with Crippen LogP contribution in [0.25, 0.3) is 0 Å². The molecule has 1 N–H and O–H groups in total. The van der Waals surface area contributed by atoms with Gasteiger partial charge in [-0.25, -0.2) is 9.78 Å². The zero-order valence-corrected chi connectivity index (χ0v) is 20.1. The molecule has 6 nitrogen and oxygen atoms in total. The molecule has 0 aliphatic heterocycles. The molecule has 0 spiro atoms. The van der Waals surface area contributed by atoms with Crippen molar-refractivity contribution in [1.29, 1.82) is 0 Å². The predicted octanol–water partition coefficient (Wildman–Crippen LogP) is 5.98. The van der Waals surface area contributed by atoms with Crippen LogP contribution in [0.4, 0.5) is 11.5 Å². The number of hydrogen-bond donors (Lipinski definition) is 1. The number of ether oxygens (including phenoxy) is 1. The second-order valence-electron chi connectivity index (χ2n) is 10.4. The van der Waals surface area contributed by atoms with Gasteiger partial charge in [-0.3, -0.25) is 4.68 Å². The number of halogens is 1. The molecule has 176 valence electrons. The summed E-state index contributed by atoms with van der Waals surface area (Å²) < 4.78 is 6.69. The third-order valence-electron chi connectivity index (χ3n) is 8.15. The van der Waals surface area contributed by atoms with E-state index in [9.17, 15) is 4.79 Å². The van der Waals surface area contributed by atoms with Crippen LogP contribution in [0.2, 0.25) is 5.02 Å². The van der Waals surface area contributed by atoms with Crippen molar-refractivity contribution in [2.45, 2.75) is 50.5 Å². The lowest BCUT2D eigenvalue weighted by Gasteiger charge is -2.57. The molecule has 4 aliphatic rings. The van der Waals surface area contributed by atoms with Gasteiger partial charge in [0, 0.05) is 17.4 Å². The van der Waals surface area contributed by atoms with Crippen molar-refractivity contribution < 1.29 is 9.53 Å². The molecule has 0 saturated heterocycles. The highest BCUT2D eigenvalue weighted by Crippen LogP contribution is 2.60. The van der Waals surface area contributed by atoms with Crippen LogP contribution in [0, 0.1) is 17.8 Å². The number of nitrogens with one attached hydrogen (secondary N) is 1. The summed E-state index contributed by atoms with van der Waals surface area (Å²) in [6.45, 7) is 0.577. The Bertz CT molecular complexity index is 1200. The highest BCUT2D eigenvalue weighted by atomic mass is 35.5. The zero-order chi connectivity index (χ0) is 23.3. The quantitative estimate of drug-likeness (QED) is 0.443. The Kier molecular flexibility index (Phi) is 5.36. The Morgan fingerprint density at radius 1 is 1.18 bits per heavy atom. The second kappa shape index (κ2) is 8.42. The molecular weight excluding hydrogens is 448 g/mol. The third kappa shape index (κ3) is 3.88. The van der Waals surface area contributed by atoms with Crippen molar-refractivity contribution in [3.63, 3.8) is 0 Å². The maximum Gasteiger partial charge on any atom is 0.341 e. The minimum atomic E-state index is -0.436. The molecule has 0 unspecified atom stereocenters. The second-order valence-corrected chi connectivity index (χ2v) is 10.9. The van der Waals surface area contributed by atoms with Crippen molar-refractivity contribution in [1.82, 2.24) is 14.8 Å². The van der Waals surface area contributed by atoms with E-state index in [0.29, 0.717) is 23.3 Å². The van der Waals surface area contributed by atoms with E-state index in [1.807, 2.05) is 10.9 Å². The monoisotopic (exact) mass is 476 g/mol. The molecule has 0 radical (unpaired) electrons. The van der Waals surface area contributed by atoms with Gasteiger partial charge >= 0.3 is 5.97 Å². The molecule has 4 aliphatic carbocycles. The predicted molar refractivity (Wildman–Crippen MR) is 131 cm³/mol. The number of pyridine rings is 1. The van der Waals surface area contributed by atoms with Crippen LogP contribution in [0.3, 0.4) is 0 Å². The minimum Gasteiger partial charge on any atom is -0.465 e. The topological polar surface area (TPSA) is 69.0 Å². The molecule has 4 saturated carbocycles. The molecule has 4 bridgehead atoms. The lowest BCUT2D eigenvalue weighted by molar-refractivity contribution is -0.00519. The SMILES string of the molecule is COC(=O)c1cccnc1Nc1cnn(Cc2ccc(C34CC5CC(CC(C5)C3)C4)cc2Cl)c1. The van der Waals surface area contributed by atoms with Crippen molar-refractivity contribution in [3.8, 4) is 0 Å². The van der Waals surface area contributed by atoms with E-state index in [0.717, 1.165) is 34.0 Å². The summed E-state index contributed by atoms with van der Waals surface area (Å²) in [5.41, 5.74) is 3.96. The minimum absolute atomic E-state index is 0.347. The molecule has 4 fully saturated rings. The van der Waals surface area contributed by atoms with E-state index in [2.05, 4.69) is 33.6 Å². The average molecular weight is 477 g/mol. The van der Waals surface area contributed by atoms with Gasteiger partial charge in [-0.05, 0) is 91.0 Å². The summed E-state index contributed by atoms with van der Waals surface area (Å²) in [5.74, 6) is 2.75. The highest BCUT2D eigenvalue weighted by molar-refractivity contribution is 6.31. The number of anilines is 2. The number of benzene rings is 1. The largest absolute Gasteiger partial charge is 0.465 e. The number of methoxy groups -OCH3 is 1. The summed E-state index contributed by atoms with van der Waals surface area (Å²) in [4.78, 5) is 16.3. The van der Waals surface area contributed by atoms with Gasteiger partial charge < -0.3 is 10.1 Å². The van der Waals surface area contributed by atoms with E-state index < -0.39 is 5.97 Å². The van der Waals surface area contributed by atoms with E-state index >= 15 is 0 Å². The Balaban J connectivity index is 1.18. The first-order chi connectivity index (χ1) is 16.5. The summed E-state index contributed by atoms with van der Waals surface area (Å²) in [6, 6.07) is 10.1. The molecule has 2 aromatic heterocycles. The van der Waals surface area contributed by atoms with Gasteiger partial charge in [-0.2, -0.15) is 5.10 Å². The van der Waals surface area contributed by atoms with Gasteiger partial charge in [0.2, 0.25) is 0 Å². The first-order valence-electron chi connectivity index (χ1n) is 12.1. The number of hydrogen-bond acceptors (Lipinski definition) is 5. The molecule has 3 aromatic rings. The van der Waals surface area contributed by atoms with Crippen molar-refractivity contribution in [3.05, 3.63) is 70.6 Å². The maximum absolute atomic E-state index is 12.0. The fourth-order valence-corrected chi connectivity index (χ4v) is 7.32. The fraction of sp³-hybridized carbons (Fsp3) is 0.444. The van der Waals surface area contributed by atoms with Gasteiger partial charge in [0.1, 0.15) is 11.4 Å². The van der Waals surface area contributed by atoms with Crippen LogP contribution in [0.1, 0.15) is 60.0 Å². The Labute approximate surface area is 204 Å². The number of esters is 1. The normalized spacial score (nSPS) is 27.1. The maximum atomic E-state index is 12.0. The van der Waals surface area contributed by atoms with Crippen LogP contribution in [0.5, 0.6) is 0 Å². The smallest absolute Gasteiger partial charge is 0.341 e. The molecular formula is C27H29ClN4O2. The van der Waals surface area contributed by atoms with Crippen LogP contribution >= 0.6 is 11.6 Å². The fourth-order valence-electron chi connectivity index (χ4n) is 7.08. The van der Waals surface area contributed by atoms with Crippen molar-refractivity contribution in [2.75, 3.05) is 12.4 Å². The molecule has 1 aromatic carbocycles. The highest BCUT2D eigenvalue weighted by Gasteiger charge is 2.51. The summed E-state index contributed by atoms with van der Waals surface area (Å²) in [7, 11) is 1.36. The van der Waals surface area contributed by atoms with Crippen LogP contribution in [-0.2, 0) is 16.7 Å². The number of carbonyl (C=O) groups excluding carboxylic acids is 1. The Hall–Kier alpha value is -2.86. The molecule has 7 heteroatoms. The van der Waals surface area contributed by atoms with E-state index in [1.54, 1.807) is 24.5 Å². The van der Waals surface area contributed by atoms with Crippen molar-refractivity contribution >= 4 is 29.1 Å². The first kappa shape index (κ1) is 21.7. The molecule has 2 heterocycles. The molecule has 0 atom stereocenters. The number of carbonyl (C=O) groups is 1. The third-order valence-corrected chi connectivity index (χ3v) is 8.50. The molecule has 0 amide bonds. The van der Waals surface area contributed by atoms with Gasteiger partial charge in [-0.15, -0.1) is 0 Å². The number of rotatable bonds is 6. The van der Waals surface area contributed by atoms with E-state index in [-0.39, 0.29) is 0 Å². The summed E-state index contributed by atoms with van der Waals surface area (Å²) >= 11 is 6.81. The first-order valence-corrected chi connectivity index (χ1v) is 12.5. The lowest BCUT2D eigenvalue weighted by Crippen LogP contribution is -2.48. The summed E-state index contributed by atoms with van der Waals surface area (Å²) in [6.07, 6.45) is 13.6. The van der Waals surface area contributed by atoms with Gasteiger partial charge in [0.25, 0.3) is 0 Å². The standard InChI is InChI=1S/C27H29ClN4O2/c1-34-26(33)23-3-2-6-29-25(23)31-22-14-30-32(16-22)15-20-4-5-21(10-24(20)28)27-11-17-7-18(12-27)9-19(8-17)13-27/h2-6,10,14,16-19H,7-9,11-13,15H2,1H3,(H,29,31). The average Bonchev–Trinajstić information content (AvgIpc) is 3.26. The van der Waals surface area contributed by atoms with Crippen molar-refractivity contribution in [2.24, 2.45) is 17.8 Å². The van der Waals surface area contributed by atoms with Crippen LogP contribution in [0.15, 0.2) is 48.9 Å². The van der Waals surface area contributed by atoms with Gasteiger partial charge in [0.15, 0.2) is 0 Å². The zero-order valence-electron chi connectivity index (χ0n) is 19.3. The van der Waals surface area contributed by atoms with Gasteiger partial charge in [-0.1, -0.05) is 23.7 Å². The molecule has 34 heavy (non-hydrogen) atoms.